The summed E-state index contributed by atoms with van der Waals surface area (Å²) in [4.78, 5) is 14.8. The maximum atomic E-state index is 12.9. The zero-order valence-electron chi connectivity index (χ0n) is 17.6. The number of hydrogen-bond donors (Lipinski definition) is 1. The van der Waals surface area contributed by atoms with E-state index in [-0.39, 0.29) is 12.5 Å². The van der Waals surface area contributed by atoms with Crippen molar-refractivity contribution in [3.05, 3.63) is 64.7 Å². The van der Waals surface area contributed by atoms with Gasteiger partial charge in [0, 0.05) is 25.8 Å². The molecule has 0 saturated carbocycles. The first kappa shape index (κ1) is 21.3. The molecule has 1 heterocycles. The van der Waals surface area contributed by atoms with Crippen molar-refractivity contribution in [2.75, 3.05) is 26.8 Å². The zero-order valence-corrected chi connectivity index (χ0v) is 17.6. The Morgan fingerprint density at radius 2 is 1.93 bits per heavy atom. The molecule has 0 aliphatic carbocycles. The second kappa shape index (κ2) is 9.42. The Hall–Kier alpha value is -2.37. The molecule has 1 fully saturated rings. The summed E-state index contributed by atoms with van der Waals surface area (Å²) in [6.07, 6.45) is 1.86. The molecule has 29 heavy (non-hydrogen) atoms. The molecular weight excluding hydrogens is 366 g/mol. The summed E-state index contributed by atoms with van der Waals surface area (Å²) in [6.45, 7) is 5.99. The smallest absolute Gasteiger partial charge is 0.253 e. The Bertz CT molecular complexity index is 851. The molecule has 156 valence electrons. The summed E-state index contributed by atoms with van der Waals surface area (Å²) in [5, 5.41) is 11.0. The lowest BCUT2D eigenvalue weighted by atomic mass is 9.96. The van der Waals surface area contributed by atoms with Crippen molar-refractivity contribution in [3.8, 4) is 5.75 Å². The van der Waals surface area contributed by atoms with Crippen LogP contribution >= 0.6 is 0 Å². The van der Waals surface area contributed by atoms with Gasteiger partial charge in [0.15, 0.2) is 0 Å². The van der Waals surface area contributed by atoms with Crippen LogP contribution in [0.2, 0.25) is 0 Å². The number of carbonyl (C=O) groups is 1. The van der Waals surface area contributed by atoms with Gasteiger partial charge in [-0.05, 0) is 74.1 Å². The third-order valence-electron chi connectivity index (χ3n) is 5.68. The molecule has 5 nitrogen and oxygen atoms in total. The average Bonchev–Trinajstić information content (AvgIpc) is 2.91. The summed E-state index contributed by atoms with van der Waals surface area (Å²) in [7, 11) is 1.64. The van der Waals surface area contributed by atoms with Crippen LogP contribution in [-0.4, -0.2) is 48.3 Å². The highest BCUT2D eigenvalue weighted by atomic mass is 16.5. The molecular formula is C24H31NO4. The van der Waals surface area contributed by atoms with Crippen LogP contribution in [0.4, 0.5) is 0 Å². The van der Waals surface area contributed by atoms with Gasteiger partial charge in [0.25, 0.3) is 5.91 Å². The minimum absolute atomic E-state index is 0.00211. The van der Waals surface area contributed by atoms with Gasteiger partial charge in [-0.15, -0.1) is 0 Å². The van der Waals surface area contributed by atoms with E-state index in [2.05, 4.69) is 6.92 Å². The first-order valence-electron chi connectivity index (χ1n) is 10.2. The number of amides is 1. The van der Waals surface area contributed by atoms with E-state index in [1.54, 1.807) is 7.11 Å². The predicted molar refractivity (Wildman–Crippen MR) is 113 cm³/mol. The topological polar surface area (TPSA) is 59.0 Å². The van der Waals surface area contributed by atoms with Gasteiger partial charge in [-0.2, -0.15) is 0 Å². The Morgan fingerprint density at radius 3 is 2.69 bits per heavy atom. The molecule has 2 aromatic rings. The number of benzene rings is 2. The molecule has 5 heteroatoms. The lowest BCUT2D eigenvalue weighted by Crippen LogP contribution is -2.38. The number of hydrogen-bond acceptors (Lipinski definition) is 4. The van der Waals surface area contributed by atoms with Crippen LogP contribution in [-0.2, 0) is 11.3 Å². The van der Waals surface area contributed by atoms with Crippen LogP contribution in [0.1, 0.15) is 46.3 Å². The van der Waals surface area contributed by atoms with Crippen molar-refractivity contribution >= 4 is 5.91 Å². The lowest BCUT2D eigenvalue weighted by molar-refractivity contribution is -0.0163. The van der Waals surface area contributed by atoms with Gasteiger partial charge in [0.1, 0.15) is 18.0 Å². The number of nitrogens with zero attached hydrogens (tertiary/aromatic N) is 1. The molecule has 2 aromatic carbocycles. The molecule has 0 spiro atoms. The number of carbonyl (C=O) groups excluding carboxylic acids is 1. The molecule has 1 N–H and O–H groups in total. The normalized spacial score (nSPS) is 19.7. The summed E-state index contributed by atoms with van der Waals surface area (Å²) in [5.41, 5.74) is 3.10. The van der Waals surface area contributed by atoms with Crippen molar-refractivity contribution in [1.29, 1.82) is 0 Å². The van der Waals surface area contributed by atoms with E-state index in [9.17, 15) is 9.90 Å². The quantitative estimate of drug-likeness (QED) is 0.804. The first-order chi connectivity index (χ1) is 13.9. The van der Waals surface area contributed by atoms with Gasteiger partial charge in [0.05, 0.1) is 6.61 Å². The number of methoxy groups -OCH3 is 1. The van der Waals surface area contributed by atoms with E-state index < -0.39 is 5.60 Å². The summed E-state index contributed by atoms with van der Waals surface area (Å²) >= 11 is 0. The lowest BCUT2D eigenvalue weighted by Gasteiger charge is -2.27. The number of ether oxygens (including phenoxy) is 2. The Morgan fingerprint density at radius 1 is 1.10 bits per heavy atom. The minimum Gasteiger partial charge on any atom is -0.491 e. The molecule has 1 aliphatic rings. The van der Waals surface area contributed by atoms with E-state index in [1.807, 2.05) is 54.3 Å². The molecule has 0 bridgehead atoms. The van der Waals surface area contributed by atoms with Crippen LogP contribution in [0.3, 0.4) is 0 Å². The maximum Gasteiger partial charge on any atom is 0.253 e. The van der Waals surface area contributed by atoms with Crippen LogP contribution in [0.15, 0.2) is 42.5 Å². The van der Waals surface area contributed by atoms with Crippen LogP contribution in [0.25, 0.3) is 0 Å². The van der Waals surface area contributed by atoms with Crippen LogP contribution in [0.5, 0.6) is 5.75 Å². The monoisotopic (exact) mass is 397 g/mol. The van der Waals surface area contributed by atoms with E-state index >= 15 is 0 Å². The molecule has 1 atom stereocenters. The highest BCUT2D eigenvalue weighted by Gasteiger charge is 2.32. The van der Waals surface area contributed by atoms with E-state index in [0.717, 1.165) is 17.7 Å². The molecule has 1 saturated heterocycles. The molecule has 3 rings (SSSR count). The SMILES string of the molecule is COCc1cccc(C(=O)N2CCCC(O)(COc3ccc(C)c(C)c3)CC2)c1. The highest BCUT2D eigenvalue weighted by Crippen LogP contribution is 2.26. The third-order valence-corrected chi connectivity index (χ3v) is 5.68. The summed E-state index contributed by atoms with van der Waals surface area (Å²) in [5.74, 6) is 0.774. The van der Waals surface area contributed by atoms with Gasteiger partial charge < -0.3 is 19.5 Å². The maximum absolute atomic E-state index is 12.9. The van der Waals surface area contributed by atoms with Crippen LogP contribution in [0, 0.1) is 13.8 Å². The van der Waals surface area contributed by atoms with Crippen LogP contribution < -0.4 is 4.74 Å². The fourth-order valence-electron chi connectivity index (χ4n) is 3.69. The van der Waals surface area contributed by atoms with Crippen molar-refractivity contribution in [2.24, 2.45) is 0 Å². The fraction of sp³-hybridized carbons (Fsp3) is 0.458. The molecule has 1 aliphatic heterocycles. The predicted octanol–water partition coefficient (Wildman–Crippen LogP) is 3.89. The Balaban J connectivity index is 1.60. The highest BCUT2D eigenvalue weighted by molar-refractivity contribution is 5.94. The average molecular weight is 398 g/mol. The Kier molecular flexibility index (Phi) is 6.93. The van der Waals surface area contributed by atoms with Gasteiger partial charge in [-0.3, -0.25) is 4.79 Å². The number of rotatable bonds is 6. The van der Waals surface area contributed by atoms with Crippen molar-refractivity contribution in [3.63, 3.8) is 0 Å². The zero-order chi connectivity index (χ0) is 20.9. The standard InChI is InChI=1S/C24H31NO4/c1-18-8-9-22(14-19(18)2)29-17-24(27)10-5-12-25(13-11-24)23(26)21-7-4-6-20(15-21)16-28-3/h4,6-9,14-15,27H,5,10-13,16-17H2,1-3H3. The number of aliphatic hydroxyl groups is 1. The van der Waals surface area contributed by atoms with Crippen molar-refractivity contribution < 1.29 is 19.4 Å². The number of aryl methyl sites for hydroxylation is 2. The largest absolute Gasteiger partial charge is 0.491 e. The van der Waals surface area contributed by atoms with Crippen molar-refractivity contribution in [2.45, 2.75) is 45.3 Å². The first-order valence-corrected chi connectivity index (χ1v) is 10.2. The summed E-state index contributed by atoms with van der Waals surface area (Å²) < 4.78 is 11.1. The Labute approximate surface area is 173 Å². The summed E-state index contributed by atoms with van der Waals surface area (Å²) in [6, 6.07) is 13.5. The van der Waals surface area contributed by atoms with E-state index in [4.69, 9.17) is 9.47 Å². The fourth-order valence-corrected chi connectivity index (χ4v) is 3.69. The molecule has 1 amide bonds. The third kappa shape index (κ3) is 5.58. The second-order valence-corrected chi connectivity index (χ2v) is 8.04. The molecule has 0 aromatic heterocycles. The molecule has 1 unspecified atom stereocenters. The second-order valence-electron chi connectivity index (χ2n) is 8.04. The van der Waals surface area contributed by atoms with Gasteiger partial charge >= 0.3 is 0 Å². The van der Waals surface area contributed by atoms with E-state index in [1.165, 1.54) is 11.1 Å². The van der Waals surface area contributed by atoms with Crippen molar-refractivity contribution in [1.82, 2.24) is 4.90 Å². The van der Waals surface area contributed by atoms with Gasteiger partial charge in [-0.25, -0.2) is 0 Å². The number of likely N-dealkylation sites (tertiary alicyclic amines) is 1. The van der Waals surface area contributed by atoms with Gasteiger partial charge in [0.2, 0.25) is 0 Å². The van der Waals surface area contributed by atoms with E-state index in [0.29, 0.717) is 38.1 Å². The van der Waals surface area contributed by atoms with Gasteiger partial charge in [-0.1, -0.05) is 18.2 Å². The minimum atomic E-state index is -0.925. The molecule has 0 radical (unpaired) electrons.